The van der Waals surface area contributed by atoms with Gasteiger partial charge in [-0.15, -0.1) is 0 Å². The van der Waals surface area contributed by atoms with E-state index >= 15 is 0 Å². The smallest absolute Gasteiger partial charge is 0.407 e. The number of carbonyl (C=O) groups is 1. The zero-order valence-corrected chi connectivity index (χ0v) is 21.2. The fourth-order valence-corrected chi connectivity index (χ4v) is 5.29. The van der Waals surface area contributed by atoms with Crippen LogP contribution in [0.15, 0.2) is 64.0 Å². The van der Waals surface area contributed by atoms with E-state index in [0.717, 1.165) is 22.9 Å². The molecule has 1 unspecified atom stereocenters. The minimum absolute atomic E-state index is 0.0596. The molecule has 1 aliphatic rings. The Hall–Kier alpha value is -1.94. The molecule has 1 saturated heterocycles. The molecule has 0 radical (unpaired) electrons. The second-order valence-corrected chi connectivity index (χ2v) is 11.0. The Morgan fingerprint density at radius 2 is 1.73 bits per heavy atom. The van der Waals surface area contributed by atoms with E-state index in [-0.39, 0.29) is 36.2 Å². The molecule has 7 nitrogen and oxygen atoms in total. The normalized spacial score (nSPS) is 21.8. The fourth-order valence-electron chi connectivity index (χ4n) is 4.08. The first-order valence-corrected chi connectivity index (χ1v) is 13.2. The molecule has 0 spiro atoms. The van der Waals surface area contributed by atoms with E-state index in [9.17, 15) is 13.2 Å². The van der Waals surface area contributed by atoms with Crippen LogP contribution in [0.3, 0.4) is 0 Å². The second-order valence-electron chi connectivity index (χ2n) is 8.43. The largest absolute Gasteiger partial charge is 0.445 e. The highest BCUT2D eigenvalue weighted by atomic mass is 79.9. The standard InChI is InChI=1S/C24H30BrNO6S/c1-17-12-20(13-18(2)32-17)14-22(26-24(27)30-15-19-6-4-3-5-7-19)16-31-33(28,29)23-10-8-21(25)9-11-23/h3-11,17-18,20,22H,12-16H2,1-2H3,(H,26,27)/t17-,18+,20?,22-/m0/s1. The molecule has 0 aliphatic carbocycles. The molecule has 0 aromatic heterocycles. The van der Waals surface area contributed by atoms with Crippen LogP contribution < -0.4 is 5.32 Å². The first kappa shape index (κ1) is 25.7. The highest BCUT2D eigenvalue weighted by Crippen LogP contribution is 2.28. The van der Waals surface area contributed by atoms with Crippen molar-refractivity contribution in [3.63, 3.8) is 0 Å². The summed E-state index contributed by atoms with van der Waals surface area (Å²) in [6.07, 6.45) is 1.84. The van der Waals surface area contributed by atoms with E-state index in [1.54, 1.807) is 12.1 Å². The third kappa shape index (κ3) is 8.41. The molecule has 1 amide bonds. The maximum atomic E-state index is 12.6. The zero-order valence-electron chi connectivity index (χ0n) is 18.8. The van der Waals surface area contributed by atoms with Gasteiger partial charge in [-0.2, -0.15) is 8.42 Å². The van der Waals surface area contributed by atoms with Gasteiger partial charge >= 0.3 is 6.09 Å². The summed E-state index contributed by atoms with van der Waals surface area (Å²) in [4.78, 5) is 12.5. The maximum absolute atomic E-state index is 12.6. The van der Waals surface area contributed by atoms with Gasteiger partial charge in [0.2, 0.25) is 0 Å². The van der Waals surface area contributed by atoms with Gasteiger partial charge in [0.15, 0.2) is 0 Å². The summed E-state index contributed by atoms with van der Waals surface area (Å²) in [7, 11) is -3.96. The van der Waals surface area contributed by atoms with E-state index in [1.807, 2.05) is 44.2 Å². The van der Waals surface area contributed by atoms with Crippen LogP contribution in [0.5, 0.6) is 0 Å². The van der Waals surface area contributed by atoms with Crippen molar-refractivity contribution in [1.82, 2.24) is 5.32 Å². The Morgan fingerprint density at radius 1 is 1.09 bits per heavy atom. The molecule has 1 fully saturated rings. The predicted octanol–water partition coefficient (Wildman–Crippen LogP) is 5.04. The second kappa shape index (κ2) is 12.0. The number of benzene rings is 2. The van der Waals surface area contributed by atoms with E-state index in [2.05, 4.69) is 21.2 Å². The number of nitrogens with one attached hydrogen (secondary N) is 1. The van der Waals surface area contributed by atoms with Crippen LogP contribution in [0.2, 0.25) is 0 Å². The van der Waals surface area contributed by atoms with Crippen LogP contribution in [-0.4, -0.2) is 39.4 Å². The molecule has 180 valence electrons. The average Bonchev–Trinajstić information content (AvgIpc) is 2.76. The molecule has 0 saturated carbocycles. The van der Waals surface area contributed by atoms with Gasteiger partial charge in [0.25, 0.3) is 10.1 Å². The van der Waals surface area contributed by atoms with Crippen molar-refractivity contribution in [1.29, 1.82) is 0 Å². The lowest BCUT2D eigenvalue weighted by Crippen LogP contribution is -2.42. The summed E-state index contributed by atoms with van der Waals surface area (Å²) in [6.45, 7) is 3.99. The summed E-state index contributed by atoms with van der Waals surface area (Å²) < 4.78 is 42.5. The number of alkyl carbamates (subject to hydrolysis) is 1. The highest BCUT2D eigenvalue weighted by molar-refractivity contribution is 9.10. The molecule has 9 heteroatoms. The van der Waals surface area contributed by atoms with Crippen molar-refractivity contribution >= 4 is 32.1 Å². The number of hydrogen-bond acceptors (Lipinski definition) is 6. The minimum atomic E-state index is -3.96. The van der Waals surface area contributed by atoms with E-state index < -0.39 is 22.3 Å². The third-order valence-corrected chi connectivity index (χ3v) is 7.30. The molecule has 1 N–H and O–H groups in total. The van der Waals surface area contributed by atoms with Crippen molar-refractivity contribution in [2.75, 3.05) is 6.61 Å². The van der Waals surface area contributed by atoms with Gasteiger partial charge in [-0.25, -0.2) is 4.79 Å². The highest BCUT2D eigenvalue weighted by Gasteiger charge is 2.29. The topological polar surface area (TPSA) is 90.9 Å². The summed E-state index contributed by atoms with van der Waals surface area (Å²) in [5.41, 5.74) is 0.866. The van der Waals surface area contributed by atoms with Crippen LogP contribution >= 0.6 is 15.9 Å². The first-order chi connectivity index (χ1) is 15.7. The van der Waals surface area contributed by atoms with E-state index in [4.69, 9.17) is 13.7 Å². The molecular formula is C24H30BrNO6S. The van der Waals surface area contributed by atoms with Gasteiger partial charge < -0.3 is 14.8 Å². The SMILES string of the molecule is C[C@@H]1CC(C[C@@H](COS(=O)(=O)c2ccc(Br)cc2)NC(=O)OCc2ccccc2)C[C@H](C)O1. The van der Waals surface area contributed by atoms with Gasteiger partial charge in [-0.3, -0.25) is 4.18 Å². The fraction of sp³-hybridized carbons (Fsp3) is 0.458. The van der Waals surface area contributed by atoms with Crippen LogP contribution in [0, 0.1) is 5.92 Å². The molecule has 2 aromatic rings. The number of amides is 1. The summed E-state index contributed by atoms with van der Waals surface area (Å²) in [5.74, 6) is 0.266. The molecule has 1 aliphatic heterocycles. The minimum Gasteiger partial charge on any atom is -0.445 e. The Balaban J connectivity index is 1.63. The van der Waals surface area contributed by atoms with Crippen LogP contribution in [0.25, 0.3) is 0 Å². The molecule has 4 atom stereocenters. The number of ether oxygens (including phenoxy) is 2. The lowest BCUT2D eigenvalue weighted by atomic mass is 9.87. The number of rotatable bonds is 9. The van der Waals surface area contributed by atoms with Crippen molar-refractivity contribution in [3.05, 3.63) is 64.6 Å². The monoisotopic (exact) mass is 539 g/mol. The van der Waals surface area contributed by atoms with Crippen LogP contribution in [0.4, 0.5) is 4.79 Å². The molecular weight excluding hydrogens is 510 g/mol. The van der Waals surface area contributed by atoms with E-state index in [0.29, 0.717) is 6.42 Å². The molecule has 2 aromatic carbocycles. The van der Waals surface area contributed by atoms with E-state index in [1.165, 1.54) is 12.1 Å². The Labute approximate surface area is 204 Å². The van der Waals surface area contributed by atoms with Gasteiger partial charge in [0, 0.05) is 4.47 Å². The Bertz CT molecular complexity index is 989. The molecule has 0 bridgehead atoms. The average molecular weight is 540 g/mol. The predicted molar refractivity (Wildman–Crippen MR) is 128 cm³/mol. The Morgan fingerprint density at radius 3 is 2.36 bits per heavy atom. The summed E-state index contributed by atoms with van der Waals surface area (Å²) in [6, 6.07) is 15.0. The summed E-state index contributed by atoms with van der Waals surface area (Å²) in [5, 5.41) is 2.80. The van der Waals surface area contributed by atoms with Crippen molar-refractivity contribution in [2.45, 2.75) is 62.9 Å². The zero-order chi connectivity index (χ0) is 23.8. The van der Waals surface area contributed by atoms with Crippen LogP contribution in [-0.2, 0) is 30.4 Å². The van der Waals surface area contributed by atoms with Crippen molar-refractivity contribution in [3.8, 4) is 0 Å². The molecule has 1 heterocycles. The van der Waals surface area contributed by atoms with Gasteiger partial charge in [0.05, 0.1) is 29.8 Å². The number of halogens is 1. The summed E-state index contributed by atoms with van der Waals surface area (Å²) >= 11 is 3.29. The van der Waals surface area contributed by atoms with Gasteiger partial charge in [-0.1, -0.05) is 46.3 Å². The van der Waals surface area contributed by atoms with Crippen molar-refractivity contribution < 1.29 is 26.9 Å². The van der Waals surface area contributed by atoms with Crippen LogP contribution in [0.1, 0.15) is 38.7 Å². The first-order valence-electron chi connectivity index (χ1n) is 11.0. The third-order valence-electron chi connectivity index (χ3n) is 5.47. The number of hydrogen-bond donors (Lipinski definition) is 1. The quantitative estimate of drug-likeness (QED) is 0.448. The molecule has 33 heavy (non-hydrogen) atoms. The Kier molecular flexibility index (Phi) is 9.31. The number of carbonyl (C=O) groups excluding carboxylic acids is 1. The molecule has 3 rings (SSSR count). The lowest BCUT2D eigenvalue weighted by Gasteiger charge is -2.34. The maximum Gasteiger partial charge on any atom is 0.407 e. The van der Waals surface area contributed by atoms with Gasteiger partial charge in [0.1, 0.15) is 6.61 Å². The van der Waals surface area contributed by atoms with Crippen molar-refractivity contribution in [2.24, 2.45) is 5.92 Å². The van der Waals surface area contributed by atoms with Gasteiger partial charge in [-0.05, 0) is 68.9 Å². The lowest BCUT2D eigenvalue weighted by molar-refractivity contribution is -0.0554.